The fraction of sp³-hybridized carbons (Fsp3) is 0.872. The Morgan fingerprint density at radius 3 is 1.36 bits per heavy atom. The SMILES string of the molecule is CCCCCCCCCCCCCCCC(=O)OCC(Cc1cnc(C)[nH]1)OC(=O)CCCCCCCCCCCCCCC. The predicted octanol–water partition coefficient (Wildman–Crippen LogP) is 11.7. The Hall–Kier alpha value is -1.85. The van der Waals surface area contributed by atoms with E-state index in [2.05, 4.69) is 23.8 Å². The Morgan fingerprint density at radius 1 is 0.600 bits per heavy atom. The summed E-state index contributed by atoms with van der Waals surface area (Å²) in [4.78, 5) is 32.5. The van der Waals surface area contributed by atoms with Crippen LogP contribution in [0.4, 0.5) is 0 Å². The van der Waals surface area contributed by atoms with Gasteiger partial charge in [-0.1, -0.05) is 168 Å². The highest BCUT2D eigenvalue weighted by molar-refractivity contribution is 5.70. The van der Waals surface area contributed by atoms with E-state index in [4.69, 9.17) is 9.47 Å². The Kier molecular flexibility index (Phi) is 28.2. The highest BCUT2D eigenvalue weighted by atomic mass is 16.6. The van der Waals surface area contributed by atoms with Gasteiger partial charge in [0, 0.05) is 31.2 Å². The maximum Gasteiger partial charge on any atom is 0.306 e. The number of ether oxygens (including phenoxy) is 2. The molecule has 45 heavy (non-hydrogen) atoms. The van der Waals surface area contributed by atoms with Crippen LogP contribution in [0.25, 0.3) is 0 Å². The van der Waals surface area contributed by atoms with E-state index >= 15 is 0 Å². The number of unbranched alkanes of at least 4 members (excludes halogenated alkanes) is 24. The van der Waals surface area contributed by atoms with Crippen LogP contribution < -0.4 is 0 Å². The van der Waals surface area contributed by atoms with Crippen molar-refractivity contribution in [3.8, 4) is 0 Å². The van der Waals surface area contributed by atoms with Crippen LogP contribution in [0.15, 0.2) is 6.20 Å². The summed E-state index contributed by atoms with van der Waals surface area (Å²) >= 11 is 0. The number of aromatic nitrogens is 2. The second-order valence-electron chi connectivity index (χ2n) is 13.5. The van der Waals surface area contributed by atoms with Crippen LogP contribution in [0.3, 0.4) is 0 Å². The summed E-state index contributed by atoms with van der Waals surface area (Å²) in [6.45, 7) is 6.53. The first-order valence-electron chi connectivity index (χ1n) is 19.4. The van der Waals surface area contributed by atoms with E-state index in [9.17, 15) is 9.59 Å². The number of imidazole rings is 1. The van der Waals surface area contributed by atoms with Gasteiger partial charge < -0.3 is 14.5 Å². The number of H-pyrrole nitrogens is 1. The van der Waals surface area contributed by atoms with Crippen LogP contribution in [0.2, 0.25) is 0 Å². The number of carbonyl (C=O) groups is 2. The molecule has 1 aromatic heterocycles. The molecule has 0 aromatic carbocycles. The lowest BCUT2D eigenvalue weighted by molar-refractivity contribution is -0.159. The average molecular weight is 633 g/mol. The molecule has 0 spiro atoms. The fourth-order valence-electron chi connectivity index (χ4n) is 6.03. The summed E-state index contributed by atoms with van der Waals surface area (Å²) in [6.07, 6.45) is 35.8. The largest absolute Gasteiger partial charge is 0.462 e. The Bertz CT molecular complexity index is 809. The van der Waals surface area contributed by atoms with Crippen LogP contribution >= 0.6 is 0 Å². The van der Waals surface area contributed by atoms with Gasteiger partial charge in [0.2, 0.25) is 0 Å². The van der Waals surface area contributed by atoms with Crippen LogP contribution in [0.5, 0.6) is 0 Å². The van der Waals surface area contributed by atoms with Crippen molar-refractivity contribution in [2.75, 3.05) is 6.61 Å². The van der Waals surface area contributed by atoms with E-state index in [-0.39, 0.29) is 18.5 Å². The minimum Gasteiger partial charge on any atom is -0.462 e. The molecule has 1 N–H and O–H groups in total. The molecule has 0 fully saturated rings. The monoisotopic (exact) mass is 633 g/mol. The lowest BCUT2D eigenvalue weighted by Gasteiger charge is -2.17. The van der Waals surface area contributed by atoms with Gasteiger partial charge in [-0.25, -0.2) is 4.98 Å². The van der Waals surface area contributed by atoms with Gasteiger partial charge in [-0.2, -0.15) is 0 Å². The quantitative estimate of drug-likeness (QED) is 0.0616. The number of nitrogens with one attached hydrogen (secondary N) is 1. The van der Waals surface area contributed by atoms with Crippen molar-refractivity contribution in [3.63, 3.8) is 0 Å². The van der Waals surface area contributed by atoms with E-state index in [0.717, 1.165) is 37.2 Å². The zero-order valence-electron chi connectivity index (χ0n) is 29.9. The van der Waals surface area contributed by atoms with Gasteiger partial charge in [0.25, 0.3) is 0 Å². The highest BCUT2D eigenvalue weighted by Crippen LogP contribution is 2.15. The summed E-state index contributed by atoms with van der Waals surface area (Å²) in [5.41, 5.74) is 0.888. The zero-order valence-corrected chi connectivity index (χ0v) is 29.9. The number of hydrogen-bond donors (Lipinski definition) is 1. The third-order valence-electron chi connectivity index (χ3n) is 8.90. The molecular weight excluding hydrogens is 560 g/mol. The molecule has 0 radical (unpaired) electrons. The summed E-state index contributed by atoms with van der Waals surface area (Å²) < 4.78 is 11.3. The Morgan fingerprint density at radius 2 is 0.978 bits per heavy atom. The Balaban J connectivity index is 2.13. The summed E-state index contributed by atoms with van der Waals surface area (Å²) in [5.74, 6) is 0.421. The molecule has 0 amide bonds. The fourth-order valence-corrected chi connectivity index (χ4v) is 6.03. The van der Waals surface area contributed by atoms with Gasteiger partial charge in [0.05, 0.1) is 0 Å². The molecule has 0 saturated heterocycles. The van der Waals surface area contributed by atoms with E-state index < -0.39 is 6.10 Å². The smallest absolute Gasteiger partial charge is 0.306 e. The predicted molar refractivity (Wildman–Crippen MR) is 188 cm³/mol. The molecule has 0 aliphatic rings. The van der Waals surface area contributed by atoms with Crippen molar-refractivity contribution in [1.82, 2.24) is 9.97 Å². The highest BCUT2D eigenvalue weighted by Gasteiger charge is 2.19. The summed E-state index contributed by atoms with van der Waals surface area (Å²) in [5, 5.41) is 0. The standard InChI is InChI=1S/C39H72N2O4/c1-4-6-8-10-12-14-16-18-20-22-24-26-28-30-38(42)44-34-37(32-36-33-40-35(3)41-36)45-39(43)31-29-27-25-23-21-19-17-15-13-11-9-7-5-2/h33,37H,4-32,34H2,1-3H3,(H,40,41). The maximum atomic E-state index is 12.6. The summed E-state index contributed by atoms with van der Waals surface area (Å²) in [7, 11) is 0. The molecule has 1 aromatic rings. The Labute approximate surface area is 278 Å². The van der Waals surface area contributed by atoms with Crippen LogP contribution in [-0.2, 0) is 25.5 Å². The van der Waals surface area contributed by atoms with Gasteiger partial charge in [-0.15, -0.1) is 0 Å². The second kappa shape index (κ2) is 30.8. The van der Waals surface area contributed by atoms with Crippen molar-refractivity contribution in [2.24, 2.45) is 0 Å². The first-order valence-corrected chi connectivity index (χ1v) is 19.4. The molecular formula is C39H72N2O4. The second-order valence-corrected chi connectivity index (χ2v) is 13.5. The first kappa shape index (κ1) is 41.2. The number of nitrogens with zero attached hydrogens (tertiary/aromatic N) is 1. The van der Waals surface area contributed by atoms with Crippen LogP contribution in [-0.4, -0.2) is 34.6 Å². The van der Waals surface area contributed by atoms with E-state index in [1.54, 1.807) is 6.20 Å². The van der Waals surface area contributed by atoms with Crippen molar-refractivity contribution in [2.45, 2.75) is 213 Å². The zero-order chi connectivity index (χ0) is 32.6. The molecule has 262 valence electrons. The molecule has 0 bridgehead atoms. The van der Waals surface area contributed by atoms with E-state index in [0.29, 0.717) is 19.3 Å². The van der Waals surface area contributed by atoms with Crippen molar-refractivity contribution >= 4 is 11.9 Å². The number of rotatable bonds is 33. The number of carbonyl (C=O) groups excluding carboxylic acids is 2. The van der Waals surface area contributed by atoms with Crippen molar-refractivity contribution in [1.29, 1.82) is 0 Å². The average Bonchev–Trinajstić information content (AvgIpc) is 3.44. The molecule has 6 heteroatoms. The number of esters is 2. The van der Waals surface area contributed by atoms with Crippen molar-refractivity contribution in [3.05, 3.63) is 17.7 Å². The van der Waals surface area contributed by atoms with Crippen LogP contribution in [0.1, 0.15) is 205 Å². The topological polar surface area (TPSA) is 81.3 Å². The van der Waals surface area contributed by atoms with Gasteiger partial charge in [0.15, 0.2) is 0 Å². The molecule has 1 heterocycles. The molecule has 6 nitrogen and oxygen atoms in total. The van der Waals surface area contributed by atoms with E-state index in [1.807, 2.05) is 6.92 Å². The van der Waals surface area contributed by atoms with Crippen molar-refractivity contribution < 1.29 is 19.1 Å². The molecule has 0 aliphatic carbocycles. The van der Waals surface area contributed by atoms with Crippen LogP contribution in [0, 0.1) is 6.92 Å². The molecule has 1 atom stereocenters. The van der Waals surface area contributed by atoms with Gasteiger partial charge in [-0.05, 0) is 19.8 Å². The molecule has 1 rings (SSSR count). The molecule has 0 saturated carbocycles. The molecule has 1 unspecified atom stereocenters. The molecule has 0 aliphatic heterocycles. The summed E-state index contributed by atoms with van der Waals surface area (Å²) in [6, 6.07) is 0. The number of aryl methyl sites for hydroxylation is 1. The maximum absolute atomic E-state index is 12.6. The van der Waals surface area contributed by atoms with Gasteiger partial charge >= 0.3 is 11.9 Å². The lowest BCUT2D eigenvalue weighted by atomic mass is 10.0. The van der Waals surface area contributed by atoms with E-state index in [1.165, 1.54) is 141 Å². The lowest BCUT2D eigenvalue weighted by Crippen LogP contribution is -2.27. The minimum absolute atomic E-state index is 0.0969. The van der Waals surface area contributed by atoms with Gasteiger partial charge in [-0.3, -0.25) is 9.59 Å². The third-order valence-corrected chi connectivity index (χ3v) is 8.90. The normalized spacial score (nSPS) is 12.0. The van der Waals surface area contributed by atoms with Gasteiger partial charge in [0.1, 0.15) is 18.5 Å². The number of hydrogen-bond acceptors (Lipinski definition) is 5. The number of aromatic amines is 1. The third kappa shape index (κ3) is 27.0. The first-order chi connectivity index (χ1) is 22.0. The minimum atomic E-state index is -0.491.